The summed E-state index contributed by atoms with van der Waals surface area (Å²) in [4.78, 5) is 52.3. The molecule has 3 amide bonds. The van der Waals surface area contributed by atoms with E-state index in [0.29, 0.717) is 38.8 Å². The van der Waals surface area contributed by atoms with Gasteiger partial charge in [-0.15, -0.1) is 0 Å². The molecule has 2 unspecified atom stereocenters. The fourth-order valence-corrected chi connectivity index (χ4v) is 5.09. The van der Waals surface area contributed by atoms with Gasteiger partial charge in [-0.2, -0.15) is 4.28 Å². The van der Waals surface area contributed by atoms with Gasteiger partial charge in [0, 0.05) is 25.9 Å². The highest BCUT2D eigenvalue weighted by atomic mass is 32.2. The van der Waals surface area contributed by atoms with Gasteiger partial charge in [0.1, 0.15) is 18.4 Å². The molecule has 202 valence electrons. The van der Waals surface area contributed by atoms with Crippen LogP contribution in [0.5, 0.6) is 0 Å². The summed E-state index contributed by atoms with van der Waals surface area (Å²) in [5.74, 6) is -0.637. The lowest BCUT2D eigenvalue weighted by Crippen LogP contribution is -2.57. The molecule has 0 saturated carbocycles. The third-order valence-electron chi connectivity index (χ3n) is 6.58. The number of allylic oxidation sites excluding steroid dienone is 1. The van der Waals surface area contributed by atoms with E-state index in [1.54, 1.807) is 4.90 Å². The number of nitrogens with one attached hydrogen (secondary N) is 3. The largest absolute Gasteiger partial charge is 0.350 e. The molecule has 2 aliphatic heterocycles. The molecule has 1 aromatic rings. The van der Waals surface area contributed by atoms with Crippen molar-refractivity contribution < 1.29 is 23.5 Å². The number of hydroxylamine groups is 1. The van der Waals surface area contributed by atoms with E-state index in [0.717, 1.165) is 34.4 Å². The Morgan fingerprint density at radius 1 is 1.22 bits per heavy atom. The first-order chi connectivity index (χ1) is 17.6. The van der Waals surface area contributed by atoms with Crippen LogP contribution >= 0.6 is 12.0 Å². The highest BCUT2D eigenvalue weighted by molar-refractivity contribution is 8.04. The maximum absolute atomic E-state index is 13.5. The molecule has 10 heteroatoms. The van der Waals surface area contributed by atoms with Gasteiger partial charge < -0.3 is 20.3 Å². The first-order valence-electron chi connectivity index (χ1n) is 12.8. The molecule has 0 spiro atoms. The molecule has 0 aromatic heterocycles. The van der Waals surface area contributed by atoms with Gasteiger partial charge in [-0.25, -0.2) is 0 Å². The van der Waals surface area contributed by atoms with Gasteiger partial charge in [0.2, 0.25) is 17.7 Å². The molecule has 0 radical (unpaired) electrons. The van der Waals surface area contributed by atoms with Crippen molar-refractivity contribution in [3.8, 4) is 0 Å². The molecule has 1 aromatic carbocycles. The Bertz CT molecular complexity index is 1020. The smallest absolute Gasteiger partial charge is 0.246 e. The number of aldehydes is 1. The van der Waals surface area contributed by atoms with E-state index in [4.69, 9.17) is 4.28 Å². The molecule has 0 aliphatic carbocycles. The zero-order valence-corrected chi connectivity index (χ0v) is 22.9. The van der Waals surface area contributed by atoms with Crippen LogP contribution in [0.4, 0.5) is 0 Å². The van der Waals surface area contributed by atoms with Gasteiger partial charge >= 0.3 is 0 Å². The zero-order chi connectivity index (χ0) is 27.0. The van der Waals surface area contributed by atoms with Crippen LogP contribution in [-0.4, -0.2) is 47.5 Å². The molecular weight excluding hydrogens is 492 g/mol. The van der Waals surface area contributed by atoms with Crippen molar-refractivity contribution in [3.63, 3.8) is 0 Å². The molecule has 2 heterocycles. The Morgan fingerprint density at radius 3 is 2.57 bits per heavy atom. The van der Waals surface area contributed by atoms with Crippen molar-refractivity contribution >= 4 is 41.0 Å². The van der Waals surface area contributed by atoms with Crippen LogP contribution in [0.1, 0.15) is 77.3 Å². The van der Waals surface area contributed by atoms with Crippen LogP contribution in [-0.2, 0) is 30.0 Å². The standard InChI is InChI=1S/C27H38N4O5S/c1-18-23(37-36-30-18)20-13-11-19(12-14-20)17-28-25(34)21-9-8-15-31(21)26(35)24(27(2,3)4)29-22(33)10-6-5-7-16-32/h11-14,16,21,24,30H,5-10,15,17H2,1-4H3,(H,28,34)(H,29,33). The van der Waals surface area contributed by atoms with Crippen LogP contribution < -0.4 is 16.1 Å². The summed E-state index contributed by atoms with van der Waals surface area (Å²) >= 11 is 1.28. The molecule has 2 aliphatic rings. The van der Waals surface area contributed by atoms with Crippen LogP contribution in [0, 0.1) is 5.41 Å². The minimum absolute atomic E-state index is 0.190. The second-order valence-corrected chi connectivity index (χ2v) is 11.3. The monoisotopic (exact) mass is 530 g/mol. The van der Waals surface area contributed by atoms with E-state index < -0.39 is 17.5 Å². The van der Waals surface area contributed by atoms with Gasteiger partial charge in [0.15, 0.2) is 0 Å². The first-order valence-corrected chi connectivity index (χ1v) is 13.6. The predicted molar refractivity (Wildman–Crippen MR) is 143 cm³/mol. The van der Waals surface area contributed by atoms with Gasteiger partial charge in [-0.1, -0.05) is 45.0 Å². The molecule has 3 rings (SSSR count). The number of carbonyl (C=O) groups excluding carboxylic acids is 4. The van der Waals surface area contributed by atoms with E-state index in [1.807, 2.05) is 52.0 Å². The highest BCUT2D eigenvalue weighted by Gasteiger charge is 2.41. The highest BCUT2D eigenvalue weighted by Crippen LogP contribution is 2.34. The van der Waals surface area contributed by atoms with Crippen molar-refractivity contribution in [2.45, 2.75) is 84.8 Å². The summed E-state index contributed by atoms with van der Waals surface area (Å²) in [6.45, 7) is 8.50. The van der Waals surface area contributed by atoms with E-state index in [-0.39, 0.29) is 24.1 Å². The number of amides is 3. The topological polar surface area (TPSA) is 117 Å². The SMILES string of the molecule is CC1=C(c2ccc(CNC(=O)C3CCCN3C(=O)C(NC(=O)CCCCC=O)C(C)(C)C)cc2)SON1. The zero-order valence-electron chi connectivity index (χ0n) is 22.1. The number of hydrogen-bond acceptors (Lipinski definition) is 7. The van der Waals surface area contributed by atoms with E-state index in [9.17, 15) is 19.2 Å². The van der Waals surface area contributed by atoms with Crippen molar-refractivity contribution in [2.24, 2.45) is 5.41 Å². The summed E-state index contributed by atoms with van der Waals surface area (Å²) in [6.07, 6.45) is 4.08. The molecule has 1 saturated heterocycles. The molecule has 2 atom stereocenters. The van der Waals surface area contributed by atoms with E-state index >= 15 is 0 Å². The van der Waals surface area contributed by atoms with Gasteiger partial charge in [-0.3, -0.25) is 19.9 Å². The fraction of sp³-hybridized carbons (Fsp3) is 0.556. The Labute approximate surface area is 223 Å². The third-order valence-corrected chi connectivity index (χ3v) is 7.45. The summed E-state index contributed by atoms with van der Waals surface area (Å²) < 4.78 is 5.17. The van der Waals surface area contributed by atoms with Gasteiger partial charge in [0.25, 0.3) is 0 Å². The Balaban J connectivity index is 1.59. The summed E-state index contributed by atoms with van der Waals surface area (Å²) in [5, 5.41) is 5.87. The van der Waals surface area contributed by atoms with Crippen molar-refractivity contribution in [1.82, 2.24) is 21.0 Å². The van der Waals surface area contributed by atoms with Crippen LogP contribution in [0.2, 0.25) is 0 Å². The Hall–Kier alpha value is -2.85. The average Bonchev–Trinajstić information content (AvgIpc) is 3.52. The maximum atomic E-state index is 13.5. The van der Waals surface area contributed by atoms with Crippen molar-refractivity contribution in [3.05, 3.63) is 41.1 Å². The van der Waals surface area contributed by atoms with E-state index in [1.165, 1.54) is 12.0 Å². The number of unbranched alkanes of at least 4 members (excludes halogenated alkanes) is 2. The van der Waals surface area contributed by atoms with Gasteiger partial charge in [0.05, 0.1) is 22.6 Å². The Kier molecular flexibility index (Phi) is 10.2. The normalized spacial score (nSPS) is 18.4. The van der Waals surface area contributed by atoms with Gasteiger partial charge in [-0.05, 0) is 49.1 Å². The lowest BCUT2D eigenvalue weighted by Gasteiger charge is -2.35. The first kappa shape index (κ1) is 28.7. The van der Waals surface area contributed by atoms with Crippen LogP contribution in [0.25, 0.3) is 4.91 Å². The lowest BCUT2D eigenvalue weighted by molar-refractivity contribution is -0.143. The van der Waals surface area contributed by atoms with Crippen LogP contribution in [0.3, 0.4) is 0 Å². The molecule has 1 fully saturated rings. The maximum Gasteiger partial charge on any atom is 0.246 e. The molecule has 0 bridgehead atoms. The lowest BCUT2D eigenvalue weighted by atomic mass is 9.85. The number of likely N-dealkylation sites (tertiary alicyclic amines) is 1. The second-order valence-electron chi connectivity index (χ2n) is 10.6. The summed E-state index contributed by atoms with van der Waals surface area (Å²) in [5.41, 5.74) is 5.26. The quantitative estimate of drug-likeness (QED) is 0.228. The van der Waals surface area contributed by atoms with E-state index in [2.05, 4.69) is 16.1 Å². The minimum atomic E-state index is -0.739. The second kappa shape index (κ2) is 13.1. The third kappa shape index (κ3) is 7.82. The number of carbonyl (C=O) groups is 4. The molecule has 3 N–H and O–H groups in total. The molecule has 37 heavy (non-hydrogen) atoms. The Morgan fingerprint density at radius 2 is 1.95 bits per heavy atom. The average molecular weight is 531 g/mol. The summed E-state index contributed by atoms with van der Waals surface area (Å²) in [6, 6.07) is 6.61. The fourth-order valence-electron chi connectivity index (χ4n) is 4.44. The molecular formula is C27H38N4O5S. The van der Waals surface area contributed by atoms with Crippen molar-refractivity contribution in [1.29, 1.82) is 0 Å². The number of nitrogens with zero attached hydrogens (tertiary/aromatic N) is 1. The summed E-state index contributed by atoms with van der Waals surface area (Å²) in [7, 11) is 0. The predicted octanol–water partition coefficient (Wildman–Crippen LogP) is 3.46. The van der Waals surface area contributed by atoms with Crippen molar-refractivity contribution in [2.75, 3.05) is 6.54 Å². The number of hydrogen-bond donors (Lipinski definition) is 3. The minimum Gasteiger partial charge on any atom is -0.350 e. The number of benzene rings is 1. The molecule has 9 nitrogen and oxygen atoms in total. The number of rotatable bonds is 11. The van der Waals surface area contributed by atoms with Crippen LogP contribution in [0.15, 0.2) is 30.0 Å².